The van der Waals surface area contributed by atoms with Crippen molar-refractivity contribution in [3.8, 4) is 0 Å². The van der Waals surface area contributed by atoms with E-state index in [2.05, 4.69) is 22.8 Å². The van der Waals surface area contributed by atoms with E-state index in [1.807, 2.05) is 19.2 Å². The third-order valence-electron chi connectivity index (χ3n) is 4.31. The Morgan fingerprint density at radius 3 is 2.42 bits per heavy atom. The molecule has 1 aromatic rings. The number of fused-ring (bicyclic) bond motifs is 1. The summed E-state index contributed by atoms with van der Waals surface area (Å²) in [6.07, 6.45) is 3.82. The van der Waals surface area contributed by atoms with Gasteiger partial charge in [-0.3, -0.25) is 4.79 Å². The van der Waals surface area contributed by atoms with Gasteiger partial charge in [-0.05, 0) is 49.4 Å². The number of amides is 1. The highest BCUT2D eigenvalue weighted by atomic mass is 35.5. The molecule has 2 atom stereocenters. The van der Waals surface area contributed by atoms with Gasteiger partial charge in [-0.15, -0.1) is 12.4 Å². The Morgan fingerprint density at radius 1 is 1.21 bits per heavy atom. The molecular weight excluding hydrogens is 260 g/mol. The summed E-state index contributed by atoms with van der Waals surface area (Å²) in [4.78, 5) is 12.1. The zero-order valence-electron chi connectivity index (χ0n) is 11.2. The fraction of sp³-hybridized carbons (Fsp3) is 0.533. The van der Waals surface area contributed by atoms with Crippen LogP contribution in [0.2, 0.25) is 0 Å². The third-order valence-corrected chi connectivity index (χ3v) is 4.31. The van der Waals surface area contributed by atoms with Crippen LogP contribution in [0.25, 0.3) is 0 Å². The monoisotopic (exact) mass is 280 g/mol. The molecule has 0 spiro atoms. The van der Waals surface area contributed by atoms with Crippen LogP contribution in [0.4, 0.5) is 5.69 Å². The minimum atomic E-state index is 0. The molecule has 0 aliphatic heterocycles. The maximum atomic E-state index is 12.1. The van der Waals surface area contributed by atoms with E-state index in [0.29, 0.717) is 17.8 Å². The number of anilines is 1. The van der Waals surface area contributed by atoms with E-state index < -0.39 is 0 Å². The standard InChI is InChI=1S/C15H20N2O.ClH/c1-16-9-10-5-7-11(8-6-10)17-15(18)14-12-3-2-4-13(12)14;/h5-8,12-14,16H,2-4,9H2,1H3,(H,17,18);1H. The average Bonchev–Trinajstić information content (AvgIpc) is 2.86. The molecule has 0 radical (unpaired) electrons. The molecule has 3 nitrogen and oxygen atoms in total. The molecule has 2 aliphatic carbocycles. The fourth-order valence-electron chi connectivity index (χ4n) is 3.35. The summed E-state index contributed by atoms with van der Waals surface area (Å²) < 4.78 is 0. The summed E-state index contributed by atoms with van der Waals surface area (Å²) in [5.74, 6) is 1.91. The topological polar surface area (TPSA) is 41.1 Å². The van der Waals surface area contributed by atoms with Gasteiger partial charge in [0.2, 0.25) is 5.91 Å². The minimum absolute atomic E-state index is 0. The highest BCUT2D eigenvalue weighted by molar-refractivity contribution is 5.95. The van der Waals surface area contributed by atoms with Gasteiger partial charge in [0, 0.05) is 18.2 Å². The van der Waals surface area contributed by atoms with Crippen LogP contribution in [0, 0.1) is 17.8 Å². The van der Waals surface area contributed by atoms with Crippen molar-refractivity contribution in [3.63, 3.8) is 0 Å². The third kappa shape index (κ3) is 2.93. The Kier molecular flexibility index (Phi) is 4.48. The van der Waals surface area contributed by atoms with Gasteiger partial charge in [0.25, 0.3) is 0 Å². The first kappa shape index (κ1) is 14.4. The maximum absolute atomic E-state index is 12.1. The van der Waals surface area contributed by atoms with Crippen molar-refractivity contribution in [2.75, 3.05) is 12.4 Å². The van der Waals surface area contributed by atoms with Crippen LogP contribution in [-0.4, -0.2) is 13.0 Å². The van der Waals surface area contributed by atoms with Gasteiger partial charge in [-0.1, -0.05) is 18.6 Å². The van der Waals surface area contributed by atoms with Crippen molar-refractivity contribution in [1.82, 2.24) is 5.32 Å². The Balaban J connectivity index is 0.00000133. The van der Waals surface area contributed by atoms with Crippen LogP contribution in [0.5, 0.6) is 0 Å². The van der Waals surface area contributed by atoms with E-state index in [4.69, 9.17) is 0 Å². The van der Waals surface area contributed by atoms with Gasteiger partial charge in [-0.25, -0.2) is 0 Å². The van der Waals surface area contributed by atoms with Crippen molar-refractivity contribution >= 4 is 24.0 Å². The van der Waals surface area contributed by atoms with Crippen LogP contribution < -0.4 is 10.6 Å². The van der Waals surface area contributed by atoms with E-state index in [9.17, 15) is 4.79 Å². The van der Waals surface area contributed by atoms with Crippen molar-refractivity contribution in [1.29, 1.82) is 0 Å². The van der Waals surface area contributed by atoms with Gasteiger partial charge < -0.3 is 10.6 Å². The molecule has 2 unspecified atom stereocenters. The van der Waals surface area contributed by atoms with Crippen molar-refractivity contribution < 1.29 is 4.79 Å². The largest absolute Gasteiger partial charge is 0.326 e. The number of nitrogens with one attached hydrogen (secondary N) is 2. The predicted octanol–water partition coefficient (Wildman–Crippen LogP) is 2.81. The molecule has 0 bridgehead atoms. The lowest BCUT2D eigenvalue weighted by molar-refractivity contribution is -0.118. The molecule has 104 valence electrons. The first-order chi connectivity index (χ1) is 8.79. The lowest BCUT2D eigenvalue weighted by atomic mass is 10.1. The molecule has 2 N–H and O–H groups in total. The summed E-state index contributed by atoms with van der Waals surface area (Å²) in [7, 11) is 1.93. The Bertz CT molecular complexity index is 436. The second kappa shape index (κ2) is 5.93. The highest BCUT2D eigenvalue weighted by Gasteiger charge is 2.56. The van der Waals surface area contributed by atoms with Crippen LogP contribution in [-0.2, 0) is 11.3 Å². The van der Waals surface area contributed by atoms with E-state index in [0.717, 1.165) is 12.2 Å². The molecule has 2 fully saturated rings. The van der Waals surface area contributed by atoms with Crippen LogP contribution >= 0.6 is 12.4 Å². The normalized spacial score (nSPS) is 27.3. The van der Waals surface area contributed by atoms with Gasteiger partial charge >= 0.3 is 0 Å². The predicted molar refractivity (Wildman–Crippen MR) is 79.4 cm³/mol. The van der Waals surface area contributed by atoms with Crippen LogP contribution in [0.3, 0.4) is 0 Å². The van der Waals surface area contributed by atoms with Crippen molar-refractivity contribution in [2.45, 2.75) is 25.8 Å². The number of hydrogen-bond donors (Lipinski definition) is 2. The summed E-state index contributed by atoms with van der Waals surface area (Å²) in [6.45, 7) is 0.862. The molecule has 0 saturated heterocycles. The van der Waals surface area contributed by atoms with E-state index in [1.54, 1.807) is 0 Å². The van der Waals surface area contributed by atoms with E-state index >= 15 is 0 Å². The lowest BCUT2D eigenvalue weighted by Crippen LogP contribution is -2.16. The molecule has 1 amide bonds. The summed E-state index contributed by atoms with van der Waals surface area (Å²) in [5, 5.41) is 6.15. The molecule has 1 aromatic carbocycles. The average molecular weight is 281 g/mol. The van der Waals surface area contributed by atoms with Gasteiger partial charge in [0.15, 0.2) is 0 Å². The fourth-order valence-corrected chi connectivity index (χ4v) is 3.35. The number of hydrogen-bond acceptors (Lipinski definition) is 2. The highest BCUT2D eigenvalue weighted by Crippen LogP contribution is 2.57. The number of carbonyl (C=O) groups excluding carboxylic acids is 1. The summed E-state index contributed by atoms with van der Waals surface area (Å²) in [6, 6.07) is 8.09. The lowest BCUT2D eigenvalue weighted by Gasteiger charge is -2.07. The molecule has 2 aliphatic rings. The van der Waals surface area contributed by atoms with Crippen molar-refractivity contribution in [2.24, 2.45) is 17.8 Å². The molecule has 3 rings (SSSR count). The first-order valence-electron chi connectivity index (χ1n) is 6.84. The zero-order chi connectivity index (χ0) is 12.5. The van der Waals surface area contributed by atoms with Crippen LogP contribution in [0.15, 0.2) is 24.3 Å². The smallest absolute Gasteiger partial charge is 0.228 e. The number of rotatable bonds is 4. The first-order valence-corrected chi connectivity index (χ1v) is 6.84. The van der Waals surface area contributed by atoms with E-state index in [-0.39, 0.29) is 18.3 Å². The Hall–Kier alpha value is -1.06. The molecule has 2 saturated carbocycles. The maximum Gasteiger partial charge on any atom is 0.228 e. The zero-order valence-corrected chi connectivity index (χ0v) is 12.0. The minimum Gasteiger partial charge on any atom is -0.326 e. The van der Waals surface area contributed by atoms with Gasteiger partial charge in [0.1, 0.15) is 0 Å². The Morgan fingerprint density at radius 2 is 1.84 bits per heavy atom. The number of benzene rings is 1. The molecule has 0 heterocycles. The quantitative estimate of drug-likeness (QED) is 0.890. The summed E-state index contributed by atoms with van der Waals surface area (Å²) >= 11 is 0. The second-order valence-electron chi connectivity index (χ2n) is 5.50. The van der Waals surface area contributed by atoms with Gasteiger partial charge in [0.05, 0.1) is 0 Å². The second-order valence-corrected chi connectivity index (χ2v) is 5.50. The molecule has 0 aromatic heterocycles. The SMILES string of the molecule is CNCc1ccc(NC(=O)C2C3CCCC32)cc1.Cl. The Labute approximate surface area is 120 Å². The summed E-state index contributed by atoms with van der Waals surface area (Å²) in [5.41, 5.74) is 2.16. The van der Waals surface area contributed by atoms with E-state index in [1.165, 1.54) is 24.8 Å². The molecule has 4 heteroatoms. The molecule has 19 heavy (non-hydrogen) atoms. The molecular formula is C15H21ClN2O. The van der Waals surface area contributed by atoms with Crippen molar-refractivity contribution in [3.05, 3.63) is 29.8 Å². The van der Waals surface area contributed by atoms with Gasteiger partial charge in [-0.2, -0.15) is 0 Å². The van der Waals surface area contributed by atoms with Crippen LogP contribution in [0.1, 0.15) is 24.8 Å². The number of carbonyl (C=O) groups is 1. The number of halogens is 1.